The third kappa shape index (κ3) is 5.42. The molecule has 1 aliphatic rings. The van der Waals surface area contributed by atoms with Crippen molar-refractivity contribution in [2.24, 2.45) is 0 Å². The van der Waals surface area contributed by atoms with Crippen molar-refractivity contribution >= 4 is 17.8 Å². The van der Waals surface area contributed by atoms with Gasteiger partial charge in [-0.15, -0.1) is 10.2 Å². The number of alkyl halides is 2. The maximum atomic E-state index is 12.8. The van der Waals surface area contributed by atoms with E-state index in [1.807, 2.05) is 18.2 Å². The van der Waals surface area contributed by atoms with Crippen molar-refractivity contribution in [3.8, 4) is 22.6 Å². The topological polar surface area (TPSA) is 91.7 Å². The molecule has 1 fully saturated rings. The van der Waals surface area contributed by atoms with Crippen molar-refractivity contribution in [2.75, 3.05) is 37.0 Å². The first kappa shape index (κ1) is 25.5. The Kier molecular flexibility index (Phi) is 7.45. The van der Waals surface area contributed by atoms with Crippen LogP contribution in [-0.2, 0) is 11.3 Å². The Bertz CT molecular complexity index is 1350. The Morgan fingerprint density at radius 2 is 1.87 bits per heavy atom. The lowest BCUT2D eigenvalue weighted by Crippen LogP contribution is -2.42. The molecule has 1 aromatic carbocycles. The molecule has 4 aromatic rings. The summed E-state index contributed by atoms with van der Waals surface area (Å²) in [6.45, 7) is 2.24. The minimum atomic E-state index is -2.84. The highest BCUT2D eigenvalue weighted by Crippen LogP contribution is 2.36. The molecule has 1 saturated heterocycles. The minimum Gasteiger partial charge on any atom is -0.472 e. The van der Waals surface area contributed by atoms with Crippen molar-refractivity contribution in [3.05, 3.63) is 66.7 Å². The summed E-state index contributed by atoms with van der Waals surface area (Å²) in [6, 6.07) is 11.6. The summed E-state index contributed by atoms with van der Waals surface area (Å²) in [5.74, 6) is -0.778. The number of furan rings is 1. The Labute approximate surface area is 218 Å². The molecule has 9 nitrogen and oxygen atoms in total. The Morgan fingerprint density at radius 1 is 1.08 bits per heavy atom. The van der Waals surface area contributed by atoms with Crippen LogP contribution in [-0.4, -0.2) is 59.7 Å². The van der Waals surface area contributed by atoms with Gasteiger partial charge in [-0.1, -0.05) is 6.07 Å². The summed E-state index contributed by atoms with van der Waals surface area (Å²) in [4.78, 5) is 22.9. The highest BCUT2D eigenvalue weighted by Gasteiger charge is 2.25. The molecule has 5 rings (SSSR count). The van der Waals surface area contributed by atoms with Crippen molar-refractivity contribution in [1.29, 1.82) is 0 Å². The van der Waals surface area contributed by atoms with E-state index >= 15 is 0 Å². The Balaban J connectivity index is 1.41. The molecule has 198 valence electrons. The van der Waals surface area contributed by atoms with Crippen LogP contribution in [0.1, 0.15) is 30.9 Å². The summed E-state index contributed by atoms with van der Waals surface area (Å²) < 4.78 is 35.8. The molecule has 1 aliphatic heterocycles. The molecule has 11 heteroatoms. The second-order valence-corrected chi connectivity index (χ2v) is 9.38. The third-order valence-corrected chi connectivity index (χ3v) is 6.91. The smallest absolute Gasteiger partial charge is 0.314 e. The van der Waals surface area contributed by atoms with Gasteiger partial charge in [-0.25, -0.2) is 0 Å². The first-order chi connectivity index (χ1) is 18.4. The van der Waals surface area contributed by atoms with Crippen LogP contribution < -0.4 is 9.80 Å². The number of hydrogen-bond donors (Lipinski definition) is 0. The third-order valence-electron chi connectivity index (χ3n) is 6.91. The van der Waals surface area contributed by atoms with E-state index in [-0.39, 0.29) is 12.4 Å². The van der Waals surface area contributed by atoms with Crippen LogP contribution in [0, 0.1) is 0 Å². The lowest BCUT2D eigenvalue weighted by atomic mass is 10.0. The number of aromatic nitrogens is 3. The van der Waals surface area contributed by atoms with Crippen LogP contribution in [0.2, 0.25) is 0 Å². The van der Waals surface area contributed by atoms with Gasteiger partial charge in [-0.3, -0.25) is 9.78 Å². The lowest BCUT2D eigenvalue weighted by molar-refractivity contribution is -0.107. The number of pyridine rings is 1. The van der Waals surface area contributed by atoms with Crippen molar-refractivity contribution in [2.45, 2.75) is 31.9 Å². The lowest BCUT2D eigenvalue weighted by Gasteiger charge is -2.38. The van der Waals surface area contributed by atoms with Crippen LogP contribution in [0.15, 0.2) is 64.0 Å². The van der Waals surface area contributed by atoms with Gasteiger partial charge in [0.1, 0.15) is 0 Å². The number of hydrogen-bond acceptors (Lipinski definition) is 8. The average Bonchev–Trinajstić information content (AvgIpc) is 3.65. The summed E-state index contributed by atoms with van der Waals surface area (Å²) >= 11 is 0. The summed E-state index contributed by atoms with van der Waals surface area (Å²) in [7, 11) is 4.20. The Morgan fingerprint density at radius 3 is 2.50 bits per heavy atom. The summed E-state index contributed by atoms with van der Waals surface area (Å²) in [5, 5.41) is 7.00. The molecule has 1 amide bonds. The minimum absolute atomic E-state index is 0.0385. The van der Waals surface area contributed by atoms with Gasteiger partial charge in [0.2, 0.25) is 12.3 Å². The van der Waals surface area contributed by atoms with Crippen LogP contribution in [0.4, 0.5) is 20.2 Å². The molecule has 0 atom stereocenters. The van der Waals surface area contributed by atoms with Gasteiger partial charge in [0.15, 0.2) is 0 Å². The molecule has 0 bridgehead atoms. The normalized spacial score (nSPS) is 14.7. The predicted molar refractivity (Wildman–Crippen MR) is 138 cm³/mol. The maximum absolute atomic E-state index is 12.8. The monoisotopic (exact) mass is 522 g/mol. The number of benzene rings is 1. The standard InChI is InChI=1S/C27H28F2N6O3/c1-33-10-7-22(8-11-33)34(2)24-13-18(20-9-12-37-16-20)4-6-23(24)35(17-36)15-21-5-3-19(14-30-21)26-31-32-27(38-26)25(28)29/h3-6,9,12-14,16-17,22,25H,7-8,10-11,15H2,1-2H3. The van der Waals surface area contributed by atoms with Crippen molar-refractivity contribution in [3.63, 3.8) is 0 Å². The van der Waals surface area contributed by atoms with E-state index in [0.29, 0.717) is 17.3 Å². The zero-order valence-electron chi connectivity index (χ0n) is 21.1. The second-order valence-electron chi connectivity index (χ2n) is 9.38. The van der Waals surface area contributed by atoms with Gasteiger partial charge in [0, 0.05) is 24.8 Å². The number of anilines is 2. The molecule has 0 radical (unpaired) electrons. The zero-order chi connectivity index (χ0) is 26.6. The number of carbonyl (C=O) groups excluding carboxylic acids is 1. The fourth-order valence-electron chi connectivity index (χ4n) is 4.67. The quantitative estimate of drug-likeness (QED) is 0.283. The van der Waals surface area contributed by atoms with E-state index in [0.717, 1.165) is 54.8 Å². The van der Waals surface area contributed by atoms with Gasteiger partial charge in [-0.2, -0.15) is 8.78 Å². The Hall–Kier alpha value is -4.12. The SMILES string of the molecule is CN1CCC(N(C)c2cc(-c3ccoc3)ccc2N(C=O)Cc2ccc(-c3nnc(C(F)F)o3)cn2)CC1. The fraction of sp³-hybridized carbons (Fsp3) is 0.333. The molecular weight excluding hydrogens is 494 g/mol. The number of rotatable bonds is 9. The van der Waals surface area contributed by atoms with E-state index in [1.54, 1.807) is 29.6 Å². The van der Waals surface area contributed by atoms with E-state index in [2.05, 4.69) is 45.1 Å². The molecule has 0 N–H and O–H groups in total. The molecule has 4 heterocycles. The fourth-order valence-corrected chi connectivity index (χ4v) is 4.67. The molecule has 0 aliphatic carbocycles. The van der Waals surface area contributed by atoms with Crippen LogP contribution in [0.25, 0.3) is 22.6 Å². The molecule has 0 saturated carbocycles. The molecule has 38 heavy (non-hydrogen) atoms. The number of halogens is 2. The van der Waals surface area contributed by atoms with Crippen LogP contribution >= 0.6 is 0 Å². The highest BCUT2D eigenvalue weighted by atomic mass is 19.3. The van der Waals surface area contributed by atoms with E-state index in [1.165, 1.54) is 6.20 Å². The molecular formula is C27H28F2N6O3. The zero-order valence-corrected chi connectivity index (χ0v) is 21.1. The van der Waals surface area contributed by atoms with Crippen molar-refractivity contribution in [1.82, 2.24) is 20.1 Å². The van der Waals surface area contributed by atoms with Gasteiger partial charge < -0.3 is 23.5 Å². The molecule has 0 unspecified atom stereocenters. The highest BCUT2D eigenvalue weighted by molar-refractivity contribution is 5.87. The summed E-state index contributed by atoms with van der Waals surface area (Å²) in [6.07, 6.45) is 4.80. The summed E-state index contributed by atoms with van der Waals surface area (Å²) in [5.41, 5.74) is 4.68. The van der Waals surface area contributed by atoms with Gasteiger partial charge in [0.25, 0.3) is 5.89 Å². The number of piperidine rings is 1. The van der Waals surface area contributed by atoms with Crippen LogP contribution in [0.3, 0.4) is 0 Å². The number of amides is 1. The first-order valence-corrected chi connectivity index (χ1v) is 12.3. The predicted octanol–water partition coefficient (Wildman–Crippen LogP) is 5.02. The van der Waals surface area contributed by atoms with Gasteiger partial charge >= 0.3 is 6.43 Å². The van der Waals surface area contributed by atoms with Gasteiger partial charge in [-0.05, 0) is 68.9 Å². The maximum Gasteiger partial charge on any atom is 0.314 e. The average molecular weight is 523 g/mol. The van der Waals surface area contributed by atoms with Crippen LogP contribution in [0.5, 0.6) is 0 Å². The number of likely N-dealkylation sites (tertiary alicyclic amines) is 1. The van der Waals surface area contributed by atoms with Gasteiger partial charge in [0.05, 0.1) is 41.7 Å². The first-order valence-electron chi connectivity index (χ1n) is 12.3. The molecule has 0 spiro atoms. The van der Waals surface area contributed by atoms with E-state index in [9.17, 15) is 13.6 Å². The van der Waals surface area contributed by atoms with Crippen molar-refractivity contribution < 1.29 is 22.4 Å². The van der Waals surface area contributed by atoms with E-state index in [4.69, 9.17) is 8.83 Å². The second kappa shape index (κ2) is 11.1. The number of nitrogens with zero attached hydrogens (tertiary/aromatic N) is 6. The molecule has 3 aromatic heterocycles. The largest absolute Gasteiger partial charge is 0.472 e. The van der Waals surface area contributed by atoms with E-state index < -0.39 is 12.3 Å². The number of carbonyl (C=O) groups is 1.